The molecule has 0 amide bonds. The van der Waals surface area contributed by atoms with Gasteiger partial charge in [-0.1, -0.05) is 19.8 Å². The van der Waals surface area contributed by atoms with Gasteiger partial charge in [0.15, 0.2) is 4.67 Å². The predicted molar refractivity (Wildman–Crippen MR) is 64.2 cm³/mol. The first-order valence-corrected chi connectivity index (χ1v) is 6.13. The van der Waals surface area contributed by atoms with Gasteiger partial charge in [-0.15, -0.1) is 0 Å². The van der Waals surface area contributed by atoms with Crippen molar-refractivity contribution in [3.63, 3.8) is 0 Å². The molecule has 90 valence electrons. The SMILES string of the molecule is CCCC[C@H](NCc1ccc(Br)o1)C(=O)O. The Kier molecular flexibility index (Phi) is 5.55. The van der Waals surface area contributed by atoms with Gasteiger partial charge < -0.3 is 9.52 Å². The highest BCUT2D eigenvalue weighted by atomic mass is 79.9. The summed E-state index contributed by atoms with van der Waals surface area (Å²) >= 11 is 3.20. The van der Waals surface area contributed by atoms with Crippen LogP contribution in [-0.4, -0.2) is 17.1 Å². The van der Waals surface area contributed by atoms with Crippen molar-refractivity contribution in [2.24, 2.45) is 0 Å². The molecule has 0 unspecified atom stereocenters. The van der Waals surface area contributed by atoms with E-state index >= 15 is 0 Å². The molecule has 0 aliphatic carbocycles. The first-order valence-electron chi connectivity index (χ1n) is 5.34. The molecule has 0 saturated carbocycles. The molecular formula is C11H16BrNO3. The Morgan fingerprint density at radius 1 is 1.62 bits per heavy atom. The topological polar surface area (TPSA) is 62.5 Å². The Bertz CT molecular complexity index is 338. The number of aliphatic carboxylic acids is 1. The van der Waals surface area contributed by atoms with Gasteiger partial charge in [-0.3, -0.25) is 10.1 Å². The molecule has 1 aromatic rings. The maximum Gasteiger partial charge on any atom is 0.320 e. The van der Waals surface area contributed by atoms with E-state index in [1.807, 2.05) is 13.0 Å². The molecule has 2 N–H and O–H groups in total. The Morgan fingerprint density at radius 2 is 2.38 bits per heavy atom. The quantitative estimate of drug-likeness (QED) is 0.810. The molecule has 0 bridgehead atoms. The Hall–Kier alpha value is -0.810. The van der Waals surface area contributed by atoms with E-state index < -0.39 is 12.0 Å². The molecule has 5 heteroatoms. The van der Waals surface area contributed by atoms with Gasteiger partial charge in [0.25, 0.3) is 0 Å². The van der Waals surface area contributed by atoms with Crippen LogP contribution in [0.25, 0.3) is 0 Å². The van der Waals surface area contributed by atoms with Crippen molar-refractivity contribution in [1.29, 1.82) is 0 Å². The molecule has 0 aromatic carbocycles. The number of carboxylic acids is 1. The lowest BCUT2D eigenvalue weighted by molar-refractivity contribution is -0.139. The molecular weight excluding hydrogens is 274 g/mol. The maximum atomic E-state index is 10.9. The van der Waals surface area contributed by atoms with Crippen LogP contribution in [-0.2, 0) is 11.3 Å². The number of carboxylic acid groups (broad SMARTS) is 1. The van der Waals surface area contributed by atoms with E-state index in [0.717, 1.165) is 18.6 Å². The molecule has 0 aliphatic heterocycles. The lowest BCUT2D eigenvalue weighted by Crippen LogP contribution is -2.36. The third-order valence-electron chi connectivity index (χ3n) is 2.30. The fraction of sp³-hybridized carbons (Fsp3) is 0.545. The normalized spacial score (nSPS) is 12.6. The van der Waals surface area contributed by atoms with E-state index in [4.69, 9.17) is 9.52 Å². The third-order valence-corrected chi connectivity index (χ3v) is 2.72. The summed E-state index contributed by atoms with van der Waals surface area (Å²) in [7, 11) is 0. The minimum absolute atomic E-state index is 0.437. The van der Waals surface area contributed by atoms with E-state index in [2.05, 4.69) is 21.2 Å². The average Bonchev–Trinajstić information content (AvgIpc) is 2.64. The molecule has 1 atom stereocenters. The van der Waals surface area contributed by atoms with Crippen LogP contribution < -0.4 is 5.32 Å². The number of furan rings is 1. The van der Waals surface area contributed by atoms with Gasteiger partial charge in [-0.25, -0.2) is 0 Å². The highest BCUT2D eigenvalue weighted by Gasteiger charge is 2.16. The Morgan fingerprint density at radius 3 is 2.88 bits per heavy atom. The Labute approximate surface area is 103 Å². The van der Waals surface area contributed by atoms with Gasteiger partial charge in [0.2, 0.25) is 0 Å². The fourth-order valence-electron chi connectivity index (χ4n) is 1.39. The van der Waals surface area contributed by atoms with Crippen LogP contribution in [0.15, 0.2) is 21.2 Å². The van der Waals surface area contributed by atoms with Crippen LogP contribution in [0.2, 0.25) is 0 Å². The average molecular weight is 290 g/mol. The van der Waals surface area contributed by atoms with Crippen LogP contribution in [0.5, 0.6) is 0 Å². The zero-order valence-corrected chi connectivity index (χ0v) is 10.8. The first kappa shape index (κ1) is 13.3. The molecule has 16 heavy (non-hydrogen) atoms. The fourth-order valence-corrected chi connectivity index (χ4v) is 1.73. The summed E-state index contributed by atoms with van der Waals surface area (Å²) < 4.78 is 5.94. The molecule has 1 aromatic heterocycles. The van der Waals surface area contributed by atoms with Gasteiger partial charge >= 0.3 is 5.97 Å². The zero-order chi connectivity index (χ0) is 12.0. The predicted octanol–water partition coefficient (Wildman–Crippen LogP) is 2.78. The van der Waals surface area contributed by atoms with Crippen molar-refractivity contribution in [2.75, 3.05) is 0 Å². The summed E-state index contributed by atoms with van der Waals surface area (Å²) in [5, 5.41) is 12.0. The van der Waals surface area contributed by atoms with E-state index in [1.54, 1.807) is 6.07 Å². The molecule has 0 saturated heterocycles. The summed E-state index contributed by atoms with van der Waals surface area (Å²) in [6.45, 7) is 2.48. The third kappa shape index (κ3) is 4.37. The van der Waals surface area contributed by atoms with Crippen molar-refractivity contribution < 1.29 is 14.3 Å². The zero-order valence-electron chi connectivity index (χ0n) is 9.20. The molecule has 0 radical (unpaired) electrons. The maximum absolute atomic E-state index is 10.9. The molecule has 1 heterocycles. The van der Waals surface area contributed by atoms with Crippen molar-refractivity contribution >= 4 is 21.9 Å². The largest absolute Gasteiger partial charge is 0.480 e. The Balaban J connectivity index is 2.40. The first-order chi connectivity index (χ1) is 7.63. The minimum Gasteiger partial charge on any atom is -0.480 e. The smallest absolute Gasteiger partial charge is 0.320 e. The second kappa shape index (κ2) is 6.70. The van der Waals surface area contributed by atoms with Gasteiger partial charge in [0.05, 0.1) is 6.54 Å². The highest BCUT2D eigenvalue weighted by Crippen LogP contribution is 2.14. The molecule has 0 aliphatic rings. The van der Waals surface area contributed by atoms with Gasteiger partial charge in [-0.2, -0.15) is 0 Å². The van der Waals surface area contributed by atoms with Crippen LogP contribution in [0.3, 0.4) is 0 Å². The summed E-state index contributed by atoms with van der Waals surface area (Å²) in [4.78, 5) is 10.9. The van der Waals surface area contributed by atoms with Crippen molar-refractivity contribution in [3.8, 4) is 0 Å². The number of carbonyl (C=O) groups is 1. The molecule has 4 nitrogen and oxygen atoms in total. The lowest BCUT2D eigenvalue weighted by atomic mass is 10.1. The monoisotopic (exact) mass is 289 g/mol. The van der Waals surface area contributed by atoms with Crippen molar-refractivity contribution in [2.45, 2.75) is 38.8 Å². The minimum atomic E-state index is -0.806. The standard InChI is InChI=1S/C11H16BrNO3/c1-2-3-4-9(11(14)15)13-7-8-5-6-10(12)16-8/h5-6,9,13H,2-4,7H2,1H3,(H,14,15)/t9-/m0/s1. The number of unbranched alkanes of at least 4 members (excludes halogenated alkanes) is 1. The molecule has 1 rings (SSSR count). The molecule has 0 spiro atoms. The number of halogens is 1. The van der Waals surface area contributed by atoms with Crippen LogP contribution in [0.4, 0.5) is 0 Å². The van der Waals surface area contributed by atoms with E-state index in [-0.39, 0.29) is 0 Å². The van der Waals surface area contributed by atoms with E-state index in [9.17, 15) is 4.79 Å². The van der Waals surface area contributed by atoms with Crippen molar-refractivity contribution in [3.05, 3.63) is 22.6 Å². The summed E-state index contributed by atoms with van der Waals surface area (Å²) in [5.74, 6) is -0.0753. The van der Waals surface area contributed by atoms with Gasteiger partial charge in [-0.05, 0) is 34.5 Å². The number of rotatable bonds is 7. The number of nitrogens with one attached hydrogen (secondary N) is 1. The summed E-state index contributed by atoms with van der Waals surface area (Å²) in [6.07, 6.45) is 2.55. The second-order valence-electron chi connectivity index (χ2n) is 3.62. The van der Waals surface area contributed by atoms with Gasteiger partial charge in [0.1, 0.15) is 11.8 Å². The second-order valence-corrected chi connectivity index (χ2v) is 4.40. The van der Waals surface area contributed by atoms with Crippen LogP contribution in [0, 0.1) is 0 Å². The highest BCUT2D eigenvalue weighted by molar-refractivity contribution is 9.10. The summed E-state index contributed by atoms with van der Waals surface area (Å²) in [6, 6.07) is 3.11. The summed E-state index contributed by atoms with van der Waals surface area (Å²) in [5.41, 5.74) is 0. The van der Waals surface area contributed by atoms with Gasteiger partial charge in [0, 0.05) is 0 Å². The van der Waals surface area contributed by atoms with E-state index in [1.165, 1.54) is 0 Å². The van der Waals surface area contributed by atoms with Crippen LogP contribution in [0.1, 0.15) is 31.9 Å². The van der Waals surface area contributed by atoms with Crippen molar-refractivity contribution in [1.82, 2.24) is 5.32 Å². The van der Waals surface area contributed by atoms with E-state index in [0.29, 0.717) is 17.6 Å². The number of hydrogen-bond acceptors (Lipinski definition) is 3. The van der Waals surface area contributed by atoms with Crippen LogP contribution >= 0.6 is 15.9 Å². The lowest BCUT2D eigenvalue weighted by Gasteiger charge is -2.12. The number of hydrogen-bond donors (Lipinski definition) is 2. The molecule has 0 fully saturated rings.